The van der Waals surface area contributed by atoms with E-state index in [4.69, 9.17) is 16.1 Å². The number of halogens is 1. The van der Waals surface area contributed by atoms with Gasteiger partial charge in [-0.2, -0.15) is 4.98 Å². The Labute approximate surface area is 196 Å². The summed E-state index contributed by atoms with van der Waals surface area (Å²) in [5.74, 6) is 2.50. The van der Waals surface area contributed by atoms with Gasteiger partial charge in [0.1, 0.15) is 0 Å². The van der Waals surface area contributed by atoms with Gasteiger partial charge in [0.2, 0.25) is 11.7 Å². The molecule has 0 aliphatic rings. The van der Waals surface area contributed by atoms with Crippen LogP contribution in [0.15, 0.2) is 64.3 Å². The van der Waals surface area contributed by atoms with Crippen LogP contribution in [0.3, 0.4) is 0 Å². The van der Waals surface area contributed by atoms with Gasteiger partial charge >= 0.3 is 0 Å². The van der Waals surface area contributed by atoms with Crippen molar-refractivity contribution >= 4 is 23.4 Å². The van der Waals surface area contributed by atoms with Gasteiger partial charge in [0.15, 0.2) is 11.0 Å². The Morgan fingerprint density at radius 3 is 2.62 bits per heavy atom. The average Bonchev–Trinajstić information content (AvgIpc) is 3.41. The summed E-state index contributed by atoms with van der Waals surface area (Å²) in [5.41, 5.74) is 2.02. The highest BCUT2D eigenvalue weighted by atomic mass is 35.5. The van der Waals surface area contributed by atoms with Gasteiger partial charge in [0, 0.05) is 10.6 Å². The van der Waals surface area contributed by atoms with Crippen LogP contribution in [0.25, 0.3) is 11.4 Å². The Hall–Kier alpha value is -2.68. The van der Waals surface area contributed by atoms with Crippen molar-refractivity contribution < 1.29 is 4.52 Å². The van der Waals surface area contributed by atoms with Gasteiger partial charge < -0.3 is 9.09 Å². The van der Waals surface area contributed by atoms with Gasteiger partial charge in [-0.05, 0) is 38.2 Å². The lowest BCUT2D eigenvalue weighted by Crippen LogP contribution is -2.23. The Morgan fingerprint density at radius 2 is 1.91 bits per heavy atom. The zero-order valence-corrected chi connectivity index (χ0v) is 19.8. The van der Waals surface area contributed by atoms with Crippen LogP contribution in [-0.4, -0.2) is 43.9 Å². The van der Waals surface area contributed by atoms with E-state index >= 15 is 0 Å². The molecule has 2 aromatic heterocycles. The van der Waals surface area contributed by atoms with Crippen molar-refractivity contribution in [2.45, 2.75) is 36.8 Å². The number of thioether (sulfide) groups is 1. The average molecular weight is 469 g/mol. The van der Waals surface area contributed by atoms with Crippen molar-refractivity contribution in [1.82, 2.24) is 29.8 Å². The van der Waals surface area contributed by atoms with Gasteiger partial charge in [-0.3, -0.25) is 4.90 Å². The molecule has 2 aromatic carbocycles. The third-order valence-corrected chi connectivity index (χ3v) is 6.30. The molecule has 1 atom stereocenters. The van der Waals surface area contributed by atoms with Crippen molar-refractivity contribution in [3.63, 3.8) is 0 Å². The number of benzene rings is 2. The minimum Gasteiger partial charge on any atom is -0.338 e. The summed E-state index contributed by atoms with van der Waals surface area (Å²) in [7, 11) is 4.14. The molecule has 0 N–H and O–H groups in total. The maximum absolute atomic E-state index is 6.08. The molecule has 0 saturated heterocycles. The van der Waals surface area contributed by atoms with Crippen LogP contribution >= 0.6 is 23.4 Å². The lowest BCUT2D eigenvalue weighted by molar-refractivity contribution is 0.272. The summed E-state index contributed by atoms with van der Waals surface area (Å²) in [6.07, 6.45) is 0.942. The molecular formula is C23H25ClN6OS. The highest BCUT2D eigenvalue weighted by molar-refractivity contribution is 7.98. The Kier molecular flexibility index (Phi) is 7.24. The fourth-order valence-corrected chi connectivity index (χ4v) is 4.50. The Bertz CT molecular complexity index is 1160. The fourth-order valence-electron chi connectivity index (χ4n) is 3.53. The monoisotopic (exact) mass is 468 g/mol. The van der Waals surface area contributed by atoms with E-state index in [0.717, 1.165) is 23.0 Å². The number of rotatable bonds is 9. The van der Waals surface area contributed by atoms with Crippen molar-refractivity contribution in [3.05, 3.63) is 76.9 Å². The first-order valence-corrected chi connectivity index (χ1v) is 11.8. The molecule has 0 bridgehead atoms. The van der Waals surface area contributed by atoms with Gasteiger partial charge in [0.25, 0.3) is 0 Å². The van der Waals surface area contributed by atoms with E-state index in [1.807, 2.05) is 42.5 Å². The normalized spacial score (nSPS) is 12.4. The van der Waals surface area contributed by atoms with Crippen LogP contribution < -0.4 is 0 Å². The summed E-state index contributed by atoms with van der Waals surface area (Å²) in [6, 6.07) is 17.9. The predicted octanol–water partition coefficient (Wildman–Crippen LogP) is 5.33. The van der Waals surface area contributed by atoms with E-state index < -0.39 is 0 Å². The van der Waals surface area contributed by atoms with E-state index in [9.17, 15) is 0 Å². The SMILES string of the molecule is CC[C@H](c1nnc(SCc2nc(-c3cccc(Cl)c3)no2)n1Cc1ccccc1)N(C)C. The minimum atomic E-state index is 0.179. The maximum atomic E-state index is 6.08. The van der Waals surface area contributed by atoms with Crippen molar-refractivity contribution in [2.75, 3.05) is 14.1 Å². The van der Waals surface area contributed by atoms with Crippen molar-refractivity contribution in [2.24, 2.45) is 0 Å². The van der Waals surface area contributed by atoms with E-state index in [1.54, 1.807) is 11.8 Å². The molecule has 0 unspecified atom stereocenters. The zero-order valence-electron chi connectivity index (χ0n) is 18.3. The molecule has 32 heavy (non-hydrogen) atoms. The molecule has 0 aliphatic carbocycles. The largest absolute Gasteiger partial charge is 0.338 e. The second kappa shape index (κ2) is 10.3. The molecule has 0 spiro atoms. The summed E-state index contributed by atoms with van der Waals surface area (Å²) >= 11 is 7.62. The summed E-state index contributed by atoms with van der Waals surface area (Å²) in [4.78, 5) is 6.69. The molecule has 0 radical (unpaired) electrons. The third-order valence-electron chi connectivity index (χ3n) is 5.11. The Balaban J connectivity index is 1.56. The van der Waals surface area contributed by atoms with Gasteiger partial charge in [-0.15, -0.1) is 10.2 Å². The first-order valence-electron chi connectivity index (χ1n) is 10.4. The van der Waals surface area contributed by atoms with Crippen molar-refractivity contribution in [1.29, 1.82) is 0 Å². The highest BCUT2D eigenvalue weighted by Gasteiger charge is 2.22. The molecule has 0 saturated carbocycles. The summed E-state index contributed by atoms with van der Waals surface area (Å²) < 4.78 is 7.64. The van der Waals surface area contributed by atoms with Gasteiger partial charge in [-0.1, -0.05) is 77.9 Å². The fraction of sp³-hybridized carbons (Fsp3) is 0.304. The lowest BCUT2D eigenvalue weighted by Gasteiger charge is -2.23. The van der Waals surface area contributed by atoms with E-state index in [1.165, 1.54) is 5.56 Å². The minimum absolute atomic E-state index is 0.179. The lowest BCUT2D eigenvalue weighted by atomic mass is 10.2. The van der Waals surface area contributed by atoms with Crippen LogP contribution in [-0.2, 0) is 12.3 Å². The van der Waals surface area contributed by atoms with Crippen LogP contribution in [0.5, 0.6) is 0 Å². The van der Waals surface area contributed by atoms with Crippen LogP contribution in [0.4, 0.5) is 0 Å². The molecule has 0 aliphatic heterocycles. The highest BCUT2D eigenvalue weighted by Crippen LogP contribution is 2.28. The van der Waals surface area contributed by atoms with Crippen molar-refractivity contribution in [3.8, 4) is 11.4 Å². The number of hydrogen-bond acceptors (Lipinski definition) is 7. The van der Waals surface area contributed by atoms with Crippen LogP contribution in [0.1, 0.15) is 36.7 Å². The molecule has 166 valence electrons. The van der Waals surface area contributed by atoms with E-state index in [-0.39, 0.29) is 6.04 Å². The maximum Gasteiger partial charge on any atom is 0.237 e. The molecule has 2 heterocycles. The number of hydrogen-bond donors (Lipinski definition) is 0. The van der Waals surface area contributed by atoms with Gasteiger partial charge in [-0.25, -0.2) is 0 Å². The molecular weight excluding hydrogens is 444 g/mol. The predicted molar refractivity (Wildman–Crippen MR) is 127 cm³/mol. The first kappa shape index (κ1) is 22.5. The first-order chi connectivity index (χ1) is 15.5. The smallest absolute Gasteiger partial charge is 0.237 e. The third kappa shape index (κ3) is 5.20. The quantitative estimate of drug-likeness (QED) is 0.307. The van der Waals surface area contributed by atoms with Gasteiger partial charge in [0.05, 0.1) is 18.3 Å². The van der Waals surface area contributed by atoms with Crippen LogP contribution in [0, 0.1) is 0 Å². The summed E-state index contributed by atoms with van der Waals surface area (Å²) in [6.45, 7) is 2.86. The molecule has 0 amide bonds. The zero-order chi connectivity index (χ0) is 22.5. The number of nitrogens with zero attached hydrogens (tertiary/aromatic N) is 6. The molecule has 7 nitrogen and oxygen atoms in total. The molecule has 0 fully saturated rings. The van der Waals surface area contributed by atoms with E-state index in [2.05, 4.69) is 63.0 Å². The standard InChI is InChI=1S/C23H25ClN6OS/c1-4-19(29(2)3)22-26-27-23(30(22)14-16-9-6-5-7-10-16)32-15-20-25-21(28-31-20)17-11-8-12-18(24)13-17/h5-13,19H,4,14-15H2,1-3H3/t19-/m1/s1. The Morgan fingerprint density at radius 1 is 1.09 bits per heavy atom. The molecule has 9 heteroatoms. The summed E-state index contributed by atoms with van der Waals surface area (Å²) in [5, 5.41) is 14.6. The number of aromatic nitrogens is 5. The van der Waals surface area contributed by atoms with E-state index in [0.29, 0.717) is 29.0 Å². The second-order valence-electron chi connectivity index (χ2n) is 7.61. The van der Waals surface area contributed by atoms with Crippen LogP contribution in [0.2, 0.25) is 5.02 Å². The molecule has 4 aromatic rings. The topological polar surface area (TPSA) is 72.9 Å². The second-order valence-corrected chi connectivity index (χ2v) is 8.99. The molecule has 4 rings (SSSR count).